The molecular weight excluding hydrogens is 228 g/mol. The Hall–Kier alpha value is -0.930. The minimum Gasteiger partial charge on any atom is -0.395 e. The molecule has 0 amide bonds. The average molecular weight is 248 g/mol. The molecule has 3 aliphatic rings. The highest BCUT2D eigenvalue weighted by Gasteiger charge is 2.59. The molecule has 4 atom stereocenters. The molecule has 0 aliphatic heterocycles. The zero-order valence-electron chi connectivity index (χ0n) is 11.2. The molecule has 0 aromatic carbocycles. The van der Waals surface area contributed by atoms with Crippen molar-refractivity contribution in [1.29, 1.82) is 0 Å². The number of allylic oxidation sites excluding steroid dienone is 2. The summed E-state index contributed by atoms with van der Waals surface area (Å²) in [6.07, 6.45) is 3.07. The highest BCUT2D eigenvalue weighted by Crippen LogP contribution is 2.63. The molecule has 18 heavy (non-hydrogen) atoms. The summed E-state index contributed by atoms with van der Waals surface area (Å²) in [4.78, 5) is 12.4. The molecule has 0 saturated heterocycles. The van der Waals surface area contributed by atoms with Gasteiger partial charge in [-0.3, -0.25) is 4.79 Å². The quantitative estimate of drug-likeness (QED) is 0.741. The van der Waals surface area contributed by atoms with Gasteiger partial charge in [0.1, 0.15) is 0 Å². The first-order valence-electron chi connectivity index (χ1n) is 6.60. The van der Waals surface area contributed by atoms with E-state index in [-0.39, 0.29) is 29.1 Å². The molecule has 0 radical (unpaired) electrons. The first-order chi connectivity index (χ1) is 8.32. The van der Waals surface area contributed by atoms with Gasteiger partial charge in [0.05, 0.1) is 12.7 Å². The lowest BCUT2D eigenvalue weighted by molar-refractivity contribution is -0.115. The minimum atomic E-state index is -0.443. The molecule has 0 bridgehead atoms. The number of fused-ring (bicyclic) bond motifs is 3. The number of aliphatic hydroxyl groups is 2. The summed E-state index contributed by atoms with van der Waals surface area (Å²) in [7, 11) is 0. The van der Waals surface area contributed by atoms with Crippen LogP contribution in [0.15, 0.2) is 22.8 Å². The van der Waals surface area contributed by atoms with Gasteiger partial charge in [0.2, 0.25) is 0 Å². The van der Waals surface area contributed by atoms with Crippen molar-refractivity contribution in [3.05, 3.63) is 22.8 Å². The fraction of sp³-hybridized carbons (Fsp3) is 0.667. The second kappa shape index (κ2) is 3.34. The second-order valence-electron chi connectivity index (χ2n) is 6.67. The van der Waals surface area contributed by atoms with Crippen LogP contribution in [-0.4, -0.2) is 28.7 Å². The van der Waals surface area contributed by atoms with Crippen molar-refractivity contribution in [2.75, 3.05) is 6.61 Å². The number of carbonyl (C=O) groups is 1. The summed E-state index contributed by atoms with van der Waals surface area (Å²) < 4.78 is 0. The lowest BCUT2D eigenvalue weighted by atomic mass is 9.51. The Bertz CT molecular complexity index is 502. The van der Waals surface area contributed by atoms with Crippen LogP contribution in [0.5, 0.6) is 0 Å². The summed E-state index contributed by atoms with van der Waals surface area (Å²) in [5.41, 5.74) is 2.17. The van der Waals surface area contributed by atoms with Crippen LogP contribution in [0, 0.1) is 16.7 Å². The Morgan fingerprint density at radius 1 is 1.39 bits per heavy atom. The molecule has 2 N–H and O–H groups in total. The monoisotopic (exact) mass is 248 g/mol. The largest absolute Gasteiger partial charge is 0.395 e. The van der Waals surface area contributed by atoms with Crippen molar-refractivity contribution in [2.24, 2.45) is 16.7 Å². The van der Waals surface area contributed by atoms with Crippen LogP contribution in [0.2, 0.25) is 0 Å². The molecule has 3 rings (SSSR count). The maximum Gasteiger partial charge on any atom is 0.184 e. The van der Waals surface area contributed by atoms with Gasteiger partial charge in [-0.15, -0.1) is 0 Å². The van der Waals surface area contributed by atoms with Crippen molar-refractivity contribution in [3.63, 3.8) is 0 Å². The van der Waals surface area contributed by atoms with E-state index < -0.39 is 6.10 Å². The molecule has 0 unspecified atom stereocenters. The van der Waals surface area contributed by atoms with Gasteiger partial charge in [-0.25, -0.2) is 0 Å². The Labute approximate surface area is 107 Å². The molecule has 3 aliphatic carbocycles. The van der Waals surface area contributed by atoms with Gasteiger partial charge in [0, 0.05) is 16.4 Å². The first kappa shape index (κ1) is 12.1. The molecular formula is C15H20O3. The molecule has 3 heteroatoms. The number of hydrogen-bond acceptors (Lipinski definition) is 3. The molecule has 3 nitrogen and oxygen atoms in total. The Balaban J connectivity index is 2.11. The molecule has 0 aromatic rings. The molecule has 1 fully saturated rings. The van der Waals surface area contributed by atoms with E-state index in [0.29, 0.717) is 0 Å². The fourth-order valence-electron chi connectivity index (χ4n) is 4.22. The predicted molar refractivity (Wildman–Crippen MR) is 67.8 cm³/mol. The average Bonchev–Trinajstić information content (AvgIpc) is 2.66. The van der Waals surface area contributed by atoms with Gasteiger partial charge in [-0.2, -0.15) is 0 Å². The normalized spacial score (nSPS) is 46.5. The number of carbonyl (C=O) groups excluding carboxylic acids is 1. The van der Waals surface area contributed by atoms with Crippen molar-refractivity contribution in [2.45, 2.75) is 39.7 Å². The maximum atomic E-state index is 12.4. The van der Waals surface area contributed by atoms with Crippen LogP contribution in [0.25, 0.3) is 0 Å². The number of aliphatic hydroxyl groups excluding tert-OH is 2. The highest BCUT2D eigenvalue weighted by molar-refractivity contribution is 6.11. The van der Waals surface area contributed by atoms with Crippen LogP contribution < -0.4 is 0 Å². The van der Waals surface area contributed by atoms with Crippen molar-refractivity contribution >= 4 is 5.78 Å². The standard InChI is InChI=1S/C15H20O3/c1-8-12-11(17)6-15(12,3)10-5-14(2,7-16)4-9(10)13(8)18/h4,10-11,16-17H,5-7H2,1-3H3/t10-,11+,14-,15+/m0/s1. The Morgan fingerprint density at radius 2 is 2.06 bits per heavy atom. The van der Waals surface area contributed by atoms with E-state index in [1.54, 1.807) is 0 Å². The predicted octanol–water partition coefficient (Wildman–Crippen LogP) is 1.60. The van der Waals surface area contributed by atoms with Gasteiger partial charge in [0.15, 0.2) is 5.78 Å². The van der Waals surface area contributed by atoms with Crippen molar-refractivity contribution in [3.8, 4) is 0 Å². The van der Waals surface area contributed by atoms with E-state index in [1.165, 1.54) is 0 Å². The molecule has 98 valence electrons. The zero-order chi connectivity index (χ0) is 13.3. The molecule has 0 spiro atoms. The van der Waals surface area contributed by atoms with E-state index in [9.17, 15) is 15.0 Å². The van der Waals surface area contributed by atoms with E-state index >= 15 is 0 Å². The molecule has 0 heterocycles. The SMILES string of the molecule is CC1=C2[C@H](O)C[C@]2(C)[C@H]2C[C@@](C)(CO)C=C2C1=O. The maximum absolute atomic E-state index is 12.4. The topological polar surface area (TPSA) is 57.5 Å². The van der Waals surface area contributed by atoms with Gasteiger partial charge in [-0.1, -0.05) is 19.9 Å². The van der Waals surface area contributed by atoms with Crippen LogP contribution in [0.4, 0.5) is 0 Å². The second-order valence-corrected chi connectivity index (χ2v) is 6.67. The Morgan fingerprint density at radius 3 is 2.61 bits per heavy atom. The third-order valence-corrected chi connectivity index (χ3v) is 5.25. The number of hydrogen-bond donors (Lipinski definition) is 2. The van der Waals surface area contributed by atoms with E-state index in [0.717, 1.165) is 29.6 Å². The first-order valence-corrected chi connectivity index (χ1v) is 6.60. The number of rotatable bonds is 1. The van der Waals surface area contributed by atoms with Crippen molar-refractivity contribution in [1.82, 2.24) is 0 Å². The summed E-state index contributed by atoms with van der Waals surface area (Å²) in [6.45, 7) is 6.04. The van der Waals surface area contributed by atoms with Gasteiger partial charge < -0.3 is 10.2 Å². The third kappa shape index (κ3) is 1.24. The number of Topliss-reactive ketones (excluding diaryl/α,β-unsaturated/α-hetero) is 1. The third-order valence-electron chi connectivity index (χ3n) is 5.25. The fourth-order valence-corrected chi connectivity index (χ4v) is 4.22. The van der Waals surface area contributed by atoms with Gasteiger partial charge in [0.25, 0.3) is 0 Å². The summed E-state index contributed by atoms with van der Waals surface area (Å²) in [6, 6.07) is 0. The van der Waals surface area contributed by atoms with Crippen LogP contribution in [0.3, 0.4) is 0 Å². The van der Waals surface area contributed by atoms with Gasteiger partial charge in [-0.05, 0) is 36.8 Å². The smallest absolute Gasteiger partial charge is 0.184 e. The van der Waals surface area contributed by atoms with E-state index in [1.807, 2.05) is 19.9 Å². The van der Waals surface area contributed by atoms with Crippen LogP contribution in [0.1, 0.15) is 33.6 Å². The van der Waals surface area contributed by atoms with E-state index in [2.05, 4.69) is 6.92 Å². The lowest BCUT2D eigenvalue weighted by Crippen LogP contribution is -2.52. The summed E-state index contributed by atoms with van der Waals surface area (Å²) >= 11 is 0. The molecule has 1 saturated carbocycles. The Kier molecular flexibility index (Phi) is 2.25. The summed E-state index contributed by atoms with van der Waals surface area (Å²) in [5.74, 6) is 0.243. The molecule has 0 aromatic heterocycles. The highest BCUT2D eigenvalue weighted by atomic mass is 16.3. The zero-order valence-corrected chi connectivity index (χ0v) is 11.2. The number of ketones is 1. The summed E-state index contributed by atoms with van der Waals surface area (Å²) in [5, 5.41) is 19.4. The van der Waals surface area contributed by atoms with Crippen molar-refractivity contribution < 1.29 is 15.0 Å². The van der Waals surface area contributed by atoms with Gasteiger partial charge >= 0.3 is 0 Å². The lowest BCUT2D eigenvalue weighted by Gasteiger charge is -2.54. The van der Waals surface area contributed by atoms with Crippen LogP contribution in [-0.2, 0) is 4.79 Å². The minimum absolute atomic E-state index is 0.0726. The van der Waals surface area contributed by atoms with E-state index in [4.69, 9.17) is 0 Å². The van der Waals surface area contributed by atoms with Crippen LogP contribution >= 0.6 is 0 Å².